The minimum absolute atomic E-state index is 0.0211. The molecule has 3 aromatic carbocycles. The van der Waals surface area contributed by atoms with Crippen molar-refractivity contribution in [2.24, 2.45) is 5.41 Å². The molecule has 0 saturated carbocycles. The second kappa shape index (κ2) is 13.4. The van der Waals surface area contributed by atoms with Gasteiger partial charge in [0.05, 0.1) is 22.4 Å². The Morgan fingerprint density at radius 3 is 2.27 bits per heavy atom. The van der Waals surface area contributed by atoms with E-state index in [9.17, 15) is 22.4 Å². The van der Waals surface area contributed by atoms with Gasteiger partial charge in [0.25, 0.3) is 16.0 Å². The summed E-state index contributed by atoms with van der Waals surface area (Å²) in [6.07, 6.45) is 4.43. The van der Waals surface area contributed by atoms with Gasteiger partial charge in [-0.3, -0.25) is 14.1 Å². The summed E-state index contributed by atoms with van der Waals surface area (Å²) in [6, 6.07) is 16.9. The molecule has 1 atom stereocenters. The molecule has 3 aromatic rings. The zero-order valence-electron chi connectivity index (χ0n) is 23.4. The van der Waals surface area contributed by atoms with Crippen molar-refractivity contribution in [1.29, 1.82) is 0 Å². The minimum atomic E-state index is -4.18. The molecule has 10 heteroatoms. The van der Waals surface area contributed by atoms with Gasteiger partial charge < -0.3 is 10.6 Å². The molecule has 3 N–H and O–H groups in total. The molecule has 0 bridgehead atoms. The monoisotopic (exact) mass is 600 g/mol. The lowest BCUT2D eigenvalue weighted by atomic mass is 9.89. The highest BCUT2D eigenvalue weighted by atomic mass is 35.5. The Morgan fingerprint density at radius 1 is 1.05 bits per heavy atom. The molecule has 218 valence electrons. The normalized spacial score (nSPS) is 12.8. The maximum absolute atomic E-state index is 13.9. The summed E-state index contributed by atoms with van der Waals surface area (Å²) in [5.41, 5.74) is 3.50. The second-order valence-corrected chi connectivity index (χ2v) is 12.9. The number of benzene rings is 3. The van der Waals surface area contributed by atoms with Gasteiger partial charge in [-0.05, 0) is 65.3 Å². The Kier molecular flexibility index (Phi) is 10.5. The summed E-state index contributed by atoms with van der Waals surface area (Å²) in [5.74, 6) is -2.51. The Balaban J connectivity index is 1.84. The number of amides is 2. The highest BCUT2D eigenvalue weighted by Gasteiger charge is 2.23. The largest absolute Gasteiger partial charge is 0.351 e. The summed E-state index contributed by atoms with van der Waals surface area (Å²) in [7, 11) is -4.18. The fraction of sp³-hybridized carbons (Fsp3) is 0.290. The van der Waals surface area contributed by atoms with E-state index < -0.39 is 33.5 Å². The molecule has 0 saturated heterocycles. The van der Waals surface area contributed by atoms with E-state index in [0.29, 0.717) is 23.2 Å². The van der Waals surface area contributed by atoms with Crippen LogP contribution in [0.5, 0.6) is 0 Å². The van der Waals surface area contributed by atoms with Crippen molar-refractivity contribution in [3.8, 4) is 0 Å². The van der Waals surface area contributed by atoms with E-state index in [0.717, 1.165) is 22.8 Å². The van der Waals surface area contributed by atoms with Crippen LogP contribution in [0.2, 0.25) is 5.02 Å². The number of carbonyl (C=O) groups is 2. The molecule has 2 amide bonds. The van der Waals surface area contributed by atoms with Crippen molar-refractivity contribution >= 4 is 45.3 Å². The predicted molar refractivity (Wildman–Crippen MR) is 161 cm³/mol. The SMILES string of the molecule is Cc1cc(NC(=O)C(Cc2ccc(C(=O)NCCS(=O)(=O)O)cc2)c2ccc(/C=C/C(C)(C)C)cc2)c(Cl)cc1F. The Bertz CT molecular complexity index is 1530. The molecule has 3 rings (SSSR count). The average Bonchev–Trinajstić information content (AvgIpc) is 2.88. The summed E-state index contributed by atoms with van der Waals surface area (Å²) >= 11 is 6.21. The highest BCUT2D eigenvalue weighted by molar-refractivity contribution is 7.85. The van der Waals surface area contributed by atoms with Crippen LogP contribution in [0.25, 0.3) is 6.08 Å². The lowest BCUT2D eigenvalue weighted by Gasteiger charge is -2.19. The maximum Gasteiger partial charge on any atom is 0.266 e. The van der Waals surface area contributed by atoms with Gasteiger partial charge in [-0.2, -0.15) is 8.42 Å². The number of allylic oxidation sites excluding steroid dienone is 1. The van der Waals surface area contributed by atoms with Gasteiger partial charge in [0.1, 0.15) is 5.82 Å². The van der Waals surface area contributed by atoms with Gasteiger partial charge in [-0.1, -0.05) is 80.9 Å². The van der Waals surface area contributed by atoms with Gasteiger partial charge in [-0.15, -0.1) is 0 Å². The van der Waals surface area contributed by atoms with E-state index >= 15 is 0 Å². The van der Waals surface area contributed by atoms with Crippen LogP contribution in [0.1, 0.15) is 59.3 Å². The number of hydrogen-bond acceptors (Lipinski definition) is 4. The lowest BCUT2D eigenvalue weighted by molar-refractivity contribution is -0.117. The van der Waals surface area contributed by atoms with Crippen molar-refractivity contribution in [2.45, 2.75) is 40.0 Å². The number of anilines is 1. The standard InChI is InChI=1S/C31H34ClFN2O5S/c1-20-17-28(26(32)19-27(20)33)35-30(37)25(23-9-5-21(6-10-23)13-14-31(2,3)4)18-22-7-11-24(12-8-22)29(36)34-15-16-41(38,39)40/h5-14,17,19,25H,15-16,18H2,1-4H3,(H,34,36)(H,35,37)(H,38,39,40)/b14-13+. The summed E-state index contributed by atoms with van der Waals surface area (Å²) in [6.45, 7) is 7.68. The average molecular weight is 601 g/mol. The first-order valence-corrected chi connectivity index (χ1v) is 15.0. The molecule has 0 aliphatic rings. The Hall–Kier alpha value is -3.53. The van der Waals surface area contributed by atoms with Crippen LogP contribution in [0.3, 0.4) is 0 Å². The first-order chi connectivity index (χ1) is 19.1. The Morgan fingerprint density at radius 2 is 1.68 bits per heavy atom. The zero-order valence-corrected chi connectivity index (χ0v) is 24.9. The van der Waals surface area contributed by atoms with Gasteiger partial charge in [0, 0.05) is 12.1 Å². The van der Waals surface area contributed by atoms with Crippen molar-refractivity contribution < 1.29 is 27.0 Å². The number of carbonyl (C=O) groups excluding carboxylic acids is 2. The van der Waals surface area contributed by atoms with Crippen molar-refractivity contribution in [3.05, 3.63) is 105 Å². The third kappa shape index (κ3) is 10.1. The number of nitrogens with one attached hydrogen (secondary N) is 2. The Labute approximate surface area is 245 Å². The summed E-state index contributed by atoms with van der Waals surface area (Å²) in [5, 5.41) is 5.37. The fourth-order valence-corrected chi connectivity index (χ4v) is 4.50. The molecule has 0 fully saturated rings. The maximum atomic E-state index is 13.9. The van der Waals surface area contributed by atoms with E-state index in [-0.39, 0.29) is 22.9 Å². The van der Waals surface area contributed by atoms with Gasteiger partial charge >= 0.3 is 0 Å². The molecule has 0 heterocycles. The van der Waals surface area contributed by atoms with E-state index in [2.05, 4.69) is 37.5 Å². The van der Waals surface area contributed by atoms with Crippen LogP contribution in [0.15, 0.2) is 66.7 Å². The van der Waals surface area contributed by atoms with E-state index in [1.807, 2.05) is 30.3 Å². The molecule has 0 radical (unpaired) electrons. The first-order valence-electron chi connectivity index (χ1n) is 13.0. The van der Waals surface area contributed by atoms with E-state index in [1.165, 1.54) is 6.07 Å². The van der Waals surface area contributed by atoms with Crippen LogP contribution >= 0.6 is 11.6 Å². The smallest absolute Gasteiger partial charge is 0.266 e. The molecule has 7 nitrogen and oxygen atoms in total. The molecule has 0 aliphatic heterocycles. The topological polar surface area (TPSA) is 113 Å². The number of hydrogen-bond donors (Lipinski definition) is 3. The first kappa shape index (κ1) is 32.0. The zero-order chi connectivity index (χ0) is 30.4. The van der Waals surface area contributed by atoms with Crippen LogP contribution in [-0.4, -0.2) is 37.1 Å². The fourth-order valence-electron chi connectivity index (χ4n) is 3.94. The van der Waals surface area contributed by atoms with E-state index in [1.54, 1.807) is 31.2 Å². The number of aryl methyl sites for hydroxylation is 1. The minimum Gasteiger partial charge on any atom is -0.351 e. The number of halogens is 2. The molecule has 41 heavy (non-hydrogen) atoms. The molecule has 0 aliphatic carbocycles. The number of rotatable bonds is 10. The van der Waals surface area contributed by atoms with Crippen LogP contribution in [0.4, 0.5) is 10.1 Å². The highest BCUT2D eigenvalue weighted by Crippen LogP contribution is 2.29. The van der Waals surface area contributed by atoms with Gasteiger partial charge in [-0.25, -0.2) is 4.39 Å². The molecule has 1 unspecified atom stereocenters. The molecule has 0 spiro atoms. The van der Waals surface area contributed by atoms with Gasteiger partial charge in [0.2, 0.25) is 5.91 Å². The quantitative estimate of drug-likeness (QED) is 0.232. The van der Waals surface area contributed by atoms with Crippen LogP contribution < -0.4 is 10.6 Å². The molecular formula is C31H34ClFN2O5S. The third-order valence-corrected chi connectivity index (χ3v) is 7.27. The third-order valence-electron chi connectivity index (χ3n) is 6.24. The predicted octanol–water partition coefficient (Wildman–Crippen LogP) is 6.43. The van der Waals surface area contributed by atoms with Crippen molar-refractivity contribution in [2.75, 3.05) is 17.6 Å². The second-order valence-electron chi connectivity index (χ2n) is 10.9. The van der Waals surface area contributed by atoms with Gasteiger partial charge in [0.15, 0.2) is 0 Å². The van der Waals surface area contributed by atoms with Crippen molar-refractivity contribution in [3.63, 3.8) is 0 Å². The molecule has 0 aromatic heterocycles. The van der Waals surface area contributed by atoms with Crippen molar-refractivity contribution in [1.82, 2.24) is 5.32 Å². The summed E-state index contributed by atoms with van der Waals surface area (Å²) < 4.78 is 44.5. The lowest BCUT2D eigenvalue weighted by Crippen LogP contribution is -2.28. The van der Waals surface area contributed by atoms with Crippen LogP contribution in [-0.2, 0) is 21.3 Å². The van der Waals surface area contributed by atoms with E-state index in [4.69, 9.17) is 16.2 Å². The van der Waals surface area contributed by atoms with Crippen LogP contribution in [0, 0.1) is 18.2 Å². The summed E-state index contributed by atoms with van der Waals surface area (Å²) in [4.78, 5) is 25.9. The molecular weight excluding hydrogens is 567 g/mol.